The molecule has 4 N–H and O–H groups in total. The molecule has 0 unspecified atom stereocenters. The van der Waals surface area contributed by atoms with Gasteiger partial charge in [0, 0.05) is 0 Å². The minimum atomic E-state index is -0.856. The second-order valence-corrected chi connectivity index (χ2v) is 8.29. The van der Waals surface area contributed by atoms with Crippen molar-refractivity contribution in [1.29, 1.82) is 0 Å². The molecule has 3 aromatic rings. The normalized spacial score (nSPS) is 18.2. The number of rotatable bonds is 5. The molecule has 0 radical (unpaired) electrons. The Bertz CT molecular complexity index is 1140. The Morgan fingerprint density at radius 2 is 1.58 bits per heavy atom. The first-order valence-electron chi connectivity index (χ1n) is 11.0. The summed E-state index contributed by atoms with van der Waals surface area (Å²) in [6.07, 6.45) is 4.06. The number of ether oxygens (including phenoxy) is 2. The highest BCUT2D eigenvalue weighted by molar-refractivity contribution is 5.70. The molecule has 170 valence electrons. The van der Waals surface area contributed by atoms with Gasteiger partial charge in [-0.3, -0.25) is 0 Å². The SMILES string of the molecule is CC1CCC(c2ccc(OC(=O)Oc3ccccc3/N=N/c3ccc(N)nc3N)cc2)CC1. The van der Waals surface area contributed by atoms with E-state index in [1.807, 2.05) is 12.1 Å². The molecule has 0 bridgehead atoms. The smallest absolute Gasteiger partial charge is 0.395 e. The van der Waals surface area contributed by atoms with Crippen molar-refractivity contribution < 1.29 is 14.3 Å². The number of nitrogens with zero attached hydrogens (tertiary/aromatic N) is 3. The molecule has 0 aliphatic heterocycles. The molecule has 1 aromatic heterocycles. The number of azo groups is 1. The zero-order valence-electron chi connectivity index (χ0n) is 18.5. The molecule has 1 heterocycles. The lowest BCUT2D eigenvalue weighted by Crippen LogP contribution is -2.14. The second-order valence-electron chi connectivity index (χ2n) is 8.29. The third-order valence-electron chi connectivity index (χ3n) is 5.82. The van der Waals surface area contributed by atoms with Crippen LogP contribution in [-0.4, -0.2) is 11.1 Å². The van der Waals surface area contributed by atoms with E-state index in [-0.39, 0.29) is 11.6 Å². The highest BCUT2D eigenvalue weighted by atomic mass is 16.7. The van der Waals surface area contributed by atoms with Gasteiger partial charge in [-0.25, -0.2) is 9.78 Å². The van der Waals surface area contributed by atoms with Crippen molar-refractivity contribution in [2.45, 2.75) is 38.5 Å². The van der Waals surface area contributed by atoms with Gasteiger partial charge in [-0.1, -0.05) is 44.0 Å². The first-order valence-corrected chi connectivity index (χ1v) is 11.0. The van der Waals surface area contributed by atoms with E-state index in [4.69, 9.17) is 20.9 Å². The number of hydrogen-bond acceptors (Lipinski definition) is 8. The van der Waals surface area contributed by atoms with E-state index in [1.165, 1.54) is 31.2 Å². The van der Waals surface area contributed by atoms with Gasteiger partial charge in [0.15, 0.2) is 11.6 Å². The van der Waals surface area contributed by atoms with Crippen LogP contribution in [0.4, 0.5) is 27.8 Å². The van der Waals surface area contributed by atoms with Gasteiger partial charge in [-0.15, -0.1) is 10.2 Å². The van der Waals surface area contributed by atoms with Crippen LogP contribution >= 0.6 is 0 Å². The van der Waals surface area contributed by atoms with E-state index in [1.54, 1.807) is 48.5 Å². The number of pyridine rings is 1. The Kier molecular flexibility index (Phi) is 6.83. The molecule has 0 spiro atoms. The average Bonchev–Trinajstić information content (AvgIpc) is 2.80. The molecule has 8 heteroatoms. The van der Waals surface area contributed by atoms with E-state index in [0.717, 1.165) is 5.92 Å². The van der Waals surface area contributed by atoms with Crippen LogP contribution in [0.1, 0.15) is 44.1 Å². The van der Waals surface area contributed by atoms with E-state index in [9.17, 15) is 4.79 Å². The predicted octanol–water partition coefficient (Wildman–Crippen LogP) is 6.53. The van der Waals surface area contributed by atoms with Crippen molar-refractivity contribution in [3.8, 4) is 11.5 Å². The van der Waals surface area contributed by atoms with Crippen molar-refractivity contribution in [2.24, 2.45) is 16.1 Å². The van der Waals surface area contributed by atoms with E-state index in [2.05, 4.69) is 22.1 Å². The van der Waals surface area contributed by atoms with Gasteiger partial charge < -0.3 is 20.9 Å². The van der Waals surface area contributed by atoms with Gasteiger partial charge in [-0.05, 0) is 66.6 Å². The van der Waals surface area contributed by atoms with Crippen molar-refractivity contribution in [3.63, 3.8) is 0 Å². The van der Waals surface area contributed by atoms with Crippen LogP contribution in [0.25, 0.3) is 0 Å². The van der Waals surface area contributed by atoms with Crippen LogP contribution in [0.3, 0.4) is 0 Å². The lowest BCUT2D eigenvalue weighted by molar-refractivity contribution is 0.152. The molecular formula is C25H27N5O3. The van der Waals surface area contributed by atoms with Crippen LogP contribution in [0.2, 0.25) is 0 Å². The molecule has 8 nitrogen and oxygen atoms in total. The Labute approximate surface area is 192 Å². The van der Waals surface area contributed by atoms with Gasteiger partial charge in [0.2, 0.25) is 0 Å². The molecule has 33 heavy (non-hydrogen) atoms. The molecular weight excluding hydrogens is 418 g/mol. The average molecular weight is 446 g/mol. The highest BCUT2D eigenvalue weighted by Crippen LogP contribution is 2.36. The number of benzene rings is 2. The second kappa shape index (κ2) is 10.1. The number of carbonyl (C=O) groups is 1. The summed E-state index contributed by atoms with van der Waals surface area (Å²) < 4.78 is 10.7. The van der Waals surface area contributed by atoms with Gasteiger partial charge in [0.1, 0.15) is 22.9 Å². The van der Waals surface area contributed by atoms with Gasteiger partial charge in [0.05, 0.1) is 0 Å². The molecule has 0 saturated heterocycles. The Morgan fingerprint density at radius 1 is 0.879 bits per heavy atom. The van der Waals surface area contributed by atoms with Crippen molar-refractivity contribution in [2.75, 3.05) is 11.5 Å². The van der Waals surface area contributed by atoms with Crippen LogP contribution < -0.4 is 20.9 Å². The highest BCUT2D eigenvalue weighted by Gasteiger charge is 2.20. The van der Waals surface area contributed by atoms with Crippen LogP contribution in [0.15, 0.2) is 70.9 Å². The maximum atomic E-state index is 12.4. The summed E-state index contributed by atoms with van der Waals surface area (Å²) in [6.45, 7) is 2.31. The van der Waals surface area contributed by atoms with E-state index < -0.39 is 6.16 Å². The number of carbonyl (C=O) groups excluding carboxylic acids is 1. The van der Waals surface area contributed by atoms with Crippen molar-refractivity contribution in [3.05, 3.63) is 66.2 Å². The molecule has 4 rings (SSSR count). The quantitative estimate of drug-likeness (QED) is 0.261. The predicted molar refractivity (Wildman–Crippen MR) is 127 cm³/mol. The standard InChI is InChI=1S/C25H27N5O3/c1-16-6-8-17(9-7-16)18-10-12-19(13-11-18)32-25(31)33-22-5-3-2-4-20(22)29-30-21-14-15-23(26)28-24(21)27/h2-5,10-17H,6-9H2,1H3,(H4,26,27,28)/b30-29+. The van der Waals surface area contributed by atoms with E-state index in [0.29, 0.717) is 28.9 Å². The van der Waals surface area contributed by atoms with E-state index >= 15 is 0 Å². The van der Waals surface area contributed by atoms with Gasteiger partial charge in [0.25, 0.3) is 0 Å². The summed E-state index contributed by atoms with van der Waals surface area (Å²) in [5.41, 5.74) is 13.4. The molecule has 1 fully saturated rings. The fraction of sp³-hybridized carbons (Fsp3) is 0.280. The number of aromatic nitrogens is 1. The lowest BCUT2D eigenvalue weighted by atomic mass is 9.79. The molecule has 1 saturated carbocycles. The number of anilines is 2. The number of hydrogen-bond donors (Lipinski definition) is 2. The first-order chi connectivity index (χ1) is 16.0. The fourth-order valence-corrected chi connectivity index (χ4v) is 3.91. The number of para-hydroxylation sites is 1. The summed E-state index contributed by atoms with van der Waals surface area (Å²) >= 11 is 0. The van der Waals surface area contributed by atoms with Gasteiger partial charge in [-0.2, -0.15) is 0 Å². The number of nitrogens with two attached hydrogens (primary N) is 2. The van der Waals surface area contributed by atoms with Crippen LogP contribution in [0, 0.1) is 5.92 Å². The minimum Gasteiger partial charge on any atom is -0.395 e. The zero-order valence-corrected chi connectivity index (χ0v) is 18.5. The largest absolute Gasteiger partial charge is 0.519 e. The molecule has 0 amide bonds. The fourth-order valence-electron chi connectivity index (χ4n) is 3.91. The lowest BCUT2D eigenvalue weighted by Gasteiger charge is -2.26. The minimum absolute atomic E-state index is 0.155. The molecule has 1 aliphatic carbocycles. The van der Waals surface area contributed by atoms with Crippen molar-refractivity contribution >= 4 is 29.2 Å². The first kappa shape index (κ1) is 22.3. The van der Waals surface area contributed by atoms with Crippen LogP contribution in [0.5, 0.6) is 11.5 Å². The summed E-state index contributed by atoms with van der Waals surface area (Å²) in [4.78, 5) is 16.3. The third-order valence-corrected chi connectivity index (χ3v) is 5.82. The molecule has 1 aliphatic rings. The zero-order chi connectivity index (χ0) is 23.2. The summed E-state index contributed by atoms with van der Waals surface area (Å²) in [7, 11) is 0. The van der Waals surface area contributed by atoms with Crippen molar-refractivity contribution in [1.82, 2.24) is 4.98 Å². The Balaban J connectivity index is 1.39. The number of nitrogen functional groups attached to an aromatic ring is 2. The maximum Gasteiger partial charge on any atom is 0.519 e. The summed E-state index contributed by atoms with van der Waals surface area (Å²) in [5, 5.41) is 8.20. The summed E-state index contributed by atoms with van der Waals surface area (Å²) in [5.74, 6) is 2.46. The Hall–Kier alpha value is -3.94. The molecule has 0 atom stereocenters. The Morgan fingerprint density at radius 3 is 2.30 bits per heavy atom. The monoisotopic (exact) mass is 445 g/mol. The maximum absolute atomic E-state index is 12.4. The molecule has 2 aromatic carbocycles. The summed E-state index contributed by atoms with van der Waals surface area (Å²) in [6, 6.07) is 17.6. The van der Waals surface area contributed by atoms with Crippen LogP contribution in [-0.2, 0) is 0 Å². The third kappa shape index (κ3) is 5.85. The van der Waals surface area contributed by atoms with Gasteiger partial charge >= 0.3 is 6.16 Å². The topological polar surface area (TPSA) is 125 Å².